The largest absolute Gasteiger partial charge is 0.322 e. The summed E-state index contributed by atoms with van der Waals surface area (Å²) in [7, 11) is 0. The van der Waals surface area contributed by atoms with Gasteiger partial charge in [-0.05, 0) is 52.3 Å². The fraction of sp³-hybridized carbons (Fsp3) is 0. The van der Waals surface area contributed by atoms with Gasteiger partial charge in [0.05, 0.1) is 11.3 Å². The highest BCUT2D eigenvalue weighted by molar-refractivity contribution is 9.10. The average molecular weight is 392 g/mol. The molecule has 0 radical (unpaired) electrons. The van der Waals surface area contributed by atoms with E-state index in [1.165, 1.54) is 0 Å². The van der Waals surface area contributed by atoms with E-state index in [0.717, 1.165) is 27.1 Å². The van der Waals surface area contributed by atoms with Crippen molar-refractivity contribution < 1.29 is 4.79 Å². The number of hydrogen-bond donors (Lipinski definition) is 1. The molecule has 0 aliphatic rings. The summed E-state index contributed by atoms with van der Waals surface area (Å²) in [6.45, 7) is 0. The molecular weight excluding hydrogens is 378 g/mol. The molecule has 0 aliphatic carbocycles. The number of carbonyl (C=O) groups excluding carboxylic acids is 1. The normalized spacial score (nSPS) is 10.8. The van der Waals surface area contributed by atoms with Crippen molar-refractivity contribution in [1.82, 2.24) is 9.38 Å². The Morgan fingerprint density at radius 3 is 2.48 bits per heavy atom. The van der Waals surface area contributed by atoms with Crippen molar-refractivity contribution in [3.05, 3.63) is 89.2 Å². The molecule has 4 aromatic rings. The van der Waals surface area contributed by atoms with Crippen LogP contribution in [0.1, 0.15) is 10.4 Å². The molecule has 2 aromatic carbocycles. The fourth-order valence-electron chi connectivity index (χ4n) is 2.64. The molecule has 2 aromatic heterocycles. The maximum atomic E-state index is 12.4. The van der Waals surface area contributed by atoms with Gasteiger partial charge in [-0.3, -0.25) is 4.79 Å². The highest BCUT2D eigenvalue weighted by atomic mass is 79.9. The summed E-state index contributed by atoms with van der Waals surface area (Å²) in [5, 5.41) is 2.91. The average Bonchev–Trinajstić information content (AvgIpc) is 3.07. The first kappa shape index (κ1) is 15.6. The predicted octanol–water partition coefficient (Wildman–Crippen LogP) is 5.02. The van der Waals surface area contributed by atoms with E-state index >= 15 is 0 Å². The van der Waals surface area contributed by atoms with E-state index < -0.39 is 0 Å². The minimum Gasteiger partial charge on any atom is -0.322 e. The Labute approximate surface area is 153 Å². The number of aromatic nitrogens is 2. The van der Waals surface area contributed by atoms with Gasteiger partial charge < -0.3 is 9.72 Å². The molecule has 1 amide bonds. The number of benzene rings is 2. The number of rotatable bonds is 3. The van der Waals surface area contributed by atoms with Gasteiger partial charge in [0.15, 0.2) is 0 Å². The summed E-state index contributed by atoms with van der Waals surface area (Å²) in [6, 6.07) is 20.9. The smallest absolute Gasteiger partial charge is 0.256 e. The standard InChI is InChI=1S/C20H14BrN3O/c21-17-6-2-1-5-16(17)20(25)22-15-10-8-14(9-11-15)18-13-24-12-4-3-7-19(24)23-18/h1-13H,(H,22,25). The van der Waals surface area contributed by atoms with Gasteiger partial charge in [-0.1, -0.05) is 30.3 Å². The molecule has 0 spiro atoms. The van der Waals surface area contributed by atoms with E-state index in [0.29, 0.717) is 5.56 Å². The molecule has 122 valence electrons. The van der Waals surface area contributed by atoms with Crippen LogP contribution < -0.4 is 5.32 Å². The van der Waals surface area contributed by atoms with E-state index in [1.807, 2.05) is 77.5 Å². The van der Waals surface area contributed by atoms with E-state index in [4.69, 9.17) is 0 Å². The molecule has 2 heterocycles. The van der Waals surface area contributed by atoms with Crippen LogP contribution in [0.5, 0.6) is 0 Å². The lowest BCUT2D eigenvalue weighted by molar-refractivity contribution is 0.102. The number of hydrogen-bond acceptors (Lipinski definition) is 2. The van der Waals surface area contributed by atoms with E-state index in [2.05, 4.69) is 26.2 Å². The molecule has 0 aliphatic heterocycles. The summed E-state index contributed by atoms with van der Waals surface area (Å²) in [5.74, 6) is -0.145. The lowest BCUT2D eigenvalue weighted by Gasteiger charge is -2.07. The van der Waals surface area contributed by atoms with E-state index in [9.17, 15) is 4.79 Å². The number of fused-ring (bicyclic) bond motifs is 1. The second kappa shape index (κ2) is 6.53. The number of anilines is 1. The van der Waals surface area contributed by atoms with Gasteiger partial charge in [0.1, 0.15) is 5.65 Å². The number of pyridine rings is 1. The summed E-state index contributed by atoms with van der Waals surface area (Å²) in [4.78, 5) is 17.0. The number of nitrogens with one attached hydrogen (secondary N) is 1. The van der Waals surface area contributed by atoms with Gasteiger partial charge in [0, 0.05) is 28.1 Å². The quantitative estimate of drug-likeness (QED) is 0.533. The molecular formula is C20H14BrN3O. The number of imidazole rings is 1. The minimum absolute atomic E-state index is 0.145. The lowest BCUT2D eigenvalue weighted by Crippen LogP contribution is -2.12. The van der Waals surface area contributed by atoms with Gasteiger partial charge in [0.25, 0.3) is 5.91 Å². The Bertz CT molecular complexity index is 1020. The van der Waals surface area contributed by atoms with Crippen LogP contribution >= 0.6 is 15.9 Å². The summed E-state index contributed by atoms with van der Waals surface area (Å²) < 4.78 is 2.76. The molecule has 0 fully saturated rings. The third-order valence-electron chi connectivity index (χ3n) is 3.92. The van der Waals surface area contributed by atoms with Gasteiger partial charge in [-0.25, -0.2) is 4.98 Å². The van der Waals surface area contributed by atoms with Crippen LogP contribution in [0.3, 0.4) is 0 Å². The minimum atomic E-state index is -0.145. The lowest BCUT2D eigenvalue weighted by atomic mass is 10.1. The van der Waals surface area contributed by atoms with Gasteiger partial charge in [-0.15, -0.1) is 0 Å². The molecule has 0 saturated carbocycles. The molecule has 0 unspecified atom stereocenters. The monoisotopic (exact) mass is 391 g/mol. The van der Waals surface area contributed by atoms with Crippen LogP contribution in [-0.2, 0) is 0 Å². The Balaban J connectivity index is 1.56. The van der Waals surface area contributed by atoms with Gasteiger partial charge >= 0.3 is 0 Å². The van der Waals surface area contributed by atoms with Gasteiger partial charge in [-0.2, -0.15) is 0 Å². The van der Waals surface area contributed by atoms with Crippen molar-refractivity contribution in [1.29, 1.82) is 0 Å². The van der Waals surface area contributed by atoms with Crippen molar-refractivity contribution in [2.45, 2.75) is 0 Å². The maximum Gasteiger partial charge on any atom is 0.256 e. The Morgan fingerprint density at radius 2 is 1.72 bits per heavy atom. The van der Waals surface area contributed by atoms with E-state index in [-0.39, 0.29) is 5.91 Å². The van der Waals surface area contributed by atoms with Crippen molar-refractivity contribution in [2.75, 3.05) is 5.32 Å². The van der Waals surface area contributed by atoms with Crippen LogP contribution in [0.2, 0.25) is 0 Å². The molecule has 0 bridgehead atoms. The van der Waals surface area contributed by atoms with Crippen LogP contribution in [-0.4, -0.2) is 15.3 Å². The first-order valence-electron chi connectivity index (χ1n) is 7.81. The third-order valence-corrected chi connectivity index (χ3v) is 4.61. The Morgan fingerprint density at radius 1 is 0.960 bits per heavy atom. The Hall–Kier alpha value is -2.92. The summed E-state index contributed by atoms with van der Waals surface area (Å²) in [5.41, 5.74) is 4.15. The number of amides is 1. The first-order valence-corrected chi connectivity index (χ1v) is 8.60. The summed E-state index contributed by atoms with van der Waals surface area (Å²) in [6.07, 6.45) is 3.96. The number of carbonyl (C=O) groups is 1. The molecule has 0 atom stereocenters. The fourth-order valence-corrected chi connectivity index (χ4v) is 3.11. The molecule has 25 heavy (non-hydrogen) atoms. The second-order valence-electron chi connectivity index (χ2n) is 5.60. The van der Waals surface area contributed by atoms with Crippen molar-refractivity contribution in [2.24, 2.45) is 0 Å². The van der Waals surface area contributed by atoms with Crippen LogP contribution in [0, 0.1) is 0 Å². The molecule has 4 nitrogen and oxygen atoms in total. The molecule has 5 heteroatoms. The molecule has 1 N–H and O–H groups in total. The zero-order chi connectivity index (χ0) is 17.2. The zero-order valence-electron chi connectivity index (χ0n) is 13.2. The van der Waals surface area contributed by atoms with Crippen molar-refractivity contribution in [3.8, 4) is 11.3 Å². The van der Waals surface area contributed by atoms with Gasteiger partial charge in [0.2, 0.25) is 0 Å². The number of nitrogens with zero attached hydrogens (tertiary/aromatic N) is 2. The SMILES string of the molecule is O=C(Nc1ccc(-c2cn3ccccc3n2)cc1)c1ccccc1Br. The van der Waals surface area contributed by atoms with Crippen molar-refractivity contribution >= 4 is 33.2 Å². The van der Waals surface area contributed by atoms with Crippen LogP contribution in [0.25, 0.3) is 16.9 Å². The topological polar surface area (TPSA) is 46.4 Å². The summed E-state index contributed by atoms with van der Waals surface area (Å²) >= 11 is 3.40. The Kier molecular flexibility index (Phi) is 4.07. The molecule has 0 saturated heterocycles. The zero-order valence-corrected chi connectivity index (χ0v) is 14.8. The van der Waals surface area contributed by atoms with Crippen LogP contribution in [0.4, 0.5) is 5.69 Å². The van der Waals surface area contributed by atoms with Crippen molar-refractivity contribution in [3.63, 3.8) is 0 Å². The molecule has 4 rings (SSSR count). The third kappa shape index (κ3) is 3.19. The van der Waals surface area contributed by atoms with E-state index in [1.54, 1.807) is 6.07 Å². The maximum absolute atomic E-state index is 12.4. The highest BCUT2D eigenvalue weighted by Gasteiger charge is 2.10. The number of halogens is 1. The van der Waals surface area contributed by atoms with Crippen LogP contribution in [0.15, 0.2) is 83.6 Å². The second-order valence-corrected chi connectivity index (χ2v) is 6.46. The highest BCUT2D eigenvalue weighted by Crippen LogP contribution is 2.22. The first-order chi connectivity index (χ1) is 12.2. The predicted molar refractivity (Wildman–Crippen MR) is 103 cm³/mol.